The standard InChI is InChI=1S/C15H18N2O6S2/c1-2-22-14(18)10-24-15-16-12-9-11(3-4-13(12)23-15)25(19,20)17-5-7-21-8-6-17/h3-4,9H,2,5-8,10H2,1H3. The highest BCUT2D eigenvalue weighted by molar-refractivity contribution is 7.99. The number of benzene rings is 1. The summed E-state index contributed by atoms with van der Waals surface area (Å²) >= 11 is 1.11. The molecule has 2 heterocycles. The molecule has 0 N–H and O–H groups in total. The topological polar surface area (TPSA) is 98.9 Å². The van der Waals surface area contributed by atoms with E-state index in [2.05, 4.69) is 4.98 Å². The monoisotopic (exact) mass is 386 g/mol. The third-order valence-corrected chi connectivity index (χ3v) is 6.26. The molecular formula is C15H18N2O6S2. The van der Waals surface area contributed by atoms with Gasteiger partial charge in [-0.3, -0.25) is 4.79 Å². The van der Waals surface area contributed by atoms with Crippen LogP contribution in [0.25, 0.3) is 11.1 Å². The summed E-state index contributed by atoms with van der Waals surface area (Å²) in [6, 6.07) is 4.56. The first-order chi connectivity index (χ1) is 12.0. The van der Waals surface area contributed by atoms with Gasteiger partial charge in [0.2, 0.25) is 10.0 Å². The van der Waals surface area contributed by atoms with Gasteiger partial charge in [0.25, 0.3) is 5.22 Å². The van der Waals surface area contributed by atoms with Gasteiger partial charge in [0.05, 0.1) is 24.7 Å². The number of oxazole rings is 1. The maximum Gasteiger partial charge on any atom is 0.316 e. The van der Waals surface area contributed by atoms with Gasteiger partial charge in [-0.15, -0.1) is 0 Å². The van der Waals surface area contributed by atoms with Gasteiger partial charge in [0, 0.05) is 13.1 Å². The van der Waals surface area contributed by atoms with Crippen LogP contribution in [-0.2, 0) is 24.3 Å². The second-order valence-electron chi connectivity index (χ2n) is 5.22. The van der Waals surface area contributed by atoms with Crippen molar-refractivity contribution in [1.82, 2.24) is 9.29 Å². The average Bonchev–Trinajstić information content (AvgIpc) is 3.03. The van der Waals surface area contributed by atoms with Crippen LogP contribution in [-0.4, -0.2) is 62.3 Å². The van der Waals surface area contributed by atoms with Crippen LogP contribution in [0.2, 0.25) is 0 Å². The second kappa shape index (κ2) is 7.73. The van der Waals surface area contributed by atoms with Gasteiger partial charge in [0.1, 0.15) is 11.3 Å². The molecule has 0 radical (unpaired) electrons. The molecule has 0 amide bonds. The Kier molecular flexibility index (Phi) is 5.62. The van der Waals surface area contributed by atoms with E-state index in [1.165, 1.54) is 16.4 Å². The van der Waals surface area contributed by atoms with Crippen molar-refractivity contribution in [1.29, 1.82) is 0 Å². The Morgan fingerprint density at radius 1 is 1.36 bits per heavy atom. The van der Waals surface area contributed by atoms with Crippen LogP contribution in [0, 0.1) is 0 Å². The lowest BCUT2D eigenvalue weighted by molar-refractivity contribution is -0.139. The normalized spacial score (nSPS) is 16.2. The number of ether oxygens (including phenoxy) is 2. The van der Waals surface area contributed by atoms with Crippen molar-refractivity contribution >= 4 is 38.9 Å². The maximum atomic E-state index is 12.7. The molecule has 0 bridgehead atoms. The molecule has 1 aliphatic heterocycles. The number of rotatable bonds is 6. The summed E-state index contributed by atoms with van der Waals surface area (Å²) in [5.41, 5.74) is 0.896. The number of thioether (sulfide) groups is 1. The van der Waals surface area contributed by atoms with Crippen molar-refractivity contribution in [3.05, 3.63) is 18.2 Å². The predicted octanol–water partition coefficient (Wildman–Crippen LogP) is 1.50. The molecule has 136 valence electrons. The van der Waals surface area contributed by atoms with Crippen molar-refractivity contribution in [3.63, 3.8) is 0 Å². The Hall–Kier alpha value is -1.62. The van der Waals surface area contributed by atoms with Crippen LogP contribution in [0.3, 0.4) is 0 Å². The minimum Gasteiger partial charge on any atom is -0.465 e. The van der Waals surface area contributed by atoms with Gasteiger partial charge in [-0.05, 0) is 25.1 Å². The molecule has 3 rings (SSSR count). The van der Waals surface area contributed by atoms with Crippen LogP contribution in [0.1, 0.15) is 6.92 Å². The largest absolute Gasteiger partial charge is 0.465 e. The van der Waals surface area contributed by atoms with Crippen molar-refractivity contribution in [2.45, 2.75) is 17.0 Å². The first kappa shape index (κ1) is 18.2. The zero-order valence-electron chi connectivity index (χ0n) is 13.6. The lowest BCUT2D eigenvalue weighted by Gasteiger charge is -2.25. The number of esters is 1. The Morgan fingerprint density at radius 3 is 2.84 bits per heavy atom. The SMILES string of the molecule is CCOC(=O)CSc1nc2cc(S(=O)(=O)N3CCOCC3)ccc2o1. The number of nitrogens with zero attached hydrogens (tertiary/aromatic N) is 2. The molecule has 1 aromatic carbocycles. The summed E-state index contributed by atoms with van der Waals surface area (Å²) in [7, 11) is -3.59. The molecule has 1 aromatic heterocycles. The quantitative estimate of drug-likeness (QED) is 0.544. The highest BCUT2D eigenvalue weighted by atomic mass is 32.2. The molecule has 0 atom stereocenters. The molecule has 0 spiro atoms. The molecule has 0 unspecified atom stereocenters. The number of hydrogen-bond acceptors (Lipinski definition) is 8. The van der Waals surface area contributed by atoms with Gasteiger partial charge in [-0.1, -0.05) is 11.8 Å². The number of fused-ring (bicyclic) bond motifs is 1. The Morgan fingerprint density at radius 2 is 2.12 bits per heavy atom. The molecule has 2 aromatic rings. The van der Waals surface area contributed by atoms with E-state index in [1.54, 1.807) is 13.0 Å². The molecule has 10 heteroatoms. The molecule has 25 heavy (non-hydrogen) atoms. The molecule has 1 aliphatic rings. The van der Waals surface area contributed by atoms with Crippen LogP contribution in [0.15, 0.2) is 32.7 Å². The van der Waals surface area contributed by atoms with Gasteiger partial charge < -0.3 is 13.9 Å². The lowest BCUT2D eigenvalue weighted by atomic mass is 10.3. The van der Waals surface area contributed by atoms with E-state index in [0.29, 0.717) is 49.2 Å². The van der Waals surface area contributed by atoms with E-state index >= 15 is 0 Å². The average molecular weight is 386 g/mol. The third kappa shape index (κ3) is 4.14. The first-order valence-corrected chi connectivity index (χ1v) is 10.2. The maximum absolute atomic E-state index is 12.7. The van der Waals surface area contributed by atoms with Crippen LogP contribution < -0.4 is 0 Å². The van der Waals surface area contributed by atoms with Crippen molar-refractivity contribution in [2.75, 3.05) is 38.7 Å². The summed E-state index contributed by atoms with van der Waals surface area (Å²) in [4.78, 5) is 15.8. The van der Waals surface area contributed by atoms with E-state index in [4.69, 9.17) is 13.9 Å². The van der Waals surface area contributed by atoms with Gasteiger partial charge in [-0.2, -0.15) is 4.31 Å². The summed E-state index contributed by atoms with van der Waals surface area (Å²) < 4.78 is 42.3. The van der Waals surface area contributed by atoms with Gasteiger partial charge >= 0.3 is 5.97 Å². The van der Waals surface area contributed by atoms with E-state index in [0.717, 1.165) is 11.8 Å². The molecule has 1 fully saturated rings. The highest BCUT2D eigenvalue weighted by Gasteiger charge is 2.27. The third-order valence-electron chi connectivity index (χ3n) is 3.57. The summed E-state index contributed by atoms with van der Waals surface area (Å²) in [6.45, 7) is 3.49. The molecule has 1 saturated heterocycles. The summed E-state index contributed by atoms with van der Waals surface area (Å²) in [6.07, 6.45) is 0. The smallest absolute Gasteiger partial charge is 0.316 e. The fourth-order valence-corrected chi connectivity index (χ4v) is 4.43. The minimum atomic E-state index is -3.59. The zero-order valence-corrected chi connectivity index (χ0v) is 15.3. The minimum absolute atomic E-state index is 0.0829. The van der Waals surface area contributed by atoms with E-state index in [1.807, 2.05) is 0 Å². The first-order valence-electron chi connectivity index (χ1n) is 7.77. The number of morpholine rings is 1. The van der Waals surface area contributed by atoms with Crippen LogP contribution >= 0.6 is 11.8 Å². The molecular weight excluding hydrogens is 368 g/mol. The molecule has 8 nitrogen and oxygen atoms in total. The second-order valence-corrected chi connectivity index (χ2v) is 8.08. The highest BCUT2D eigenvalue weighted by Crippen LogP contribution is 2.27. The number of carbonyl (C=O) groups is 1. The molecule has 0 aliphatic carbocycles. The Balaban J connectivity index is 1.79. The van der Waals surface area contributed by atoms with Gasteiger partial charge in [0.15, 0.2) is 5.58 Å². The Labute approximate surface area is 149 Å². The number of sulfonamides is 1. The predicted molar refractivity (Wildman–Crippen MR) is 90.9 cm³/mol. The lowest BCUT2D eigenvalue weighted by Crippen LogP contribution is -2.40. The number of carbonyl (C=O) groups excluding carboxylic acids is 1. The van der Waals surface area contributed by atoms with Crippen molar-refractivity contribution < 1.29 is 27.1 Å². The summed E-state index contributed by atoms with van der Waals surface area (Å²) in [5, 5.41) is 0.295. The van der Waals surface area contributed by atoms with E-state index in [9.17, 15) is 13.2 Å². The zero-order chi connectivity index (χ0) is 17.9. The number of hydrogen-bond donors (Lipinski definition) is 0. The van der Waals surface area contributed by atoms with E-state index < -0.39 is 10.0 Å². The van der Waals surface area contributed by atoms with Crippen LogP contribution in [0.5, 0.6) is 0 Å². The molecule has 0 saturated carbocycles. The van der Waals surface area contributed by atoms with Crippen LogP contribution in [0.4, 0.5) is 0 Å². The van der Waals surface area contributed by atoms with E-state index in [-0.39, 0.29) is 16.6 Å². The Bertz CT molecular complexity index is 858. The van der Waals surface area contributed by atoms with Gasteiger partial charge in [-0.25, -0.2) is 13.4 Å². The summed E-state index contributed by atoms with van der Waals surface area (Å²) in [5.74, 6) is -0.273. The number of aromatic nitrogens is 1. The van der Waals surface area contributed by atoms with Crippen molar-refractivity contribution in [2.24, 2.45) is 0 Å². The fraction of sp³-hybridized carbons (Fsp3) is 0.467. The van der Waals surface area contributed by atoms with Crippen molar-refractivity contribution in [3.8, 4) is 0 Å². The fourth-order valence-electron chi connectivity index (χ4n) is 2.37.